The maximum atomic E-state index is 11.3. The lowest BCUT2D eigenvalue weighted by atomic mass is 10.1. The number of urea groups is 1. The normalized spacial score (nSPS) is 14.6. The van der Waals surface area contributed by atoms with Crippen molar-refractivity contribution in [3.8, 4) is 0 Å². The van der Waals surface area contributed by atoms with Crippen LogP contribution in [0.15, 0.2) is 24.3 Å². The summed E-state index contributed by atoms with van der Waals surface area (Å²) in [4.78, 5) is 11.3. The molecule has 16 heavy (non-hydrogen) atoms. The Balaban J connectivity index is 1.76. The number of amides is 2. The van der Waals surface area contributed by atoms with Crippen LogP contribution in [0.25, 0.3) is 0 Å². The fourth-order valence-corrected chi connectivity index (χ4v) is 1.41. The lowest BCUT2D eigenvalue weighted by Crippen LogP contribution is -2.36. The maximum Gasteiger partial charge on any atom is 0.315 e. The van der Waals surface area contributed by atoms with Crippen molar-refractivity contribution in [1.29, 1.82) is 0 Å². The Hall–Kier alpha value is -1.55. The first-order valence-corrected chi connectivity index (χ1v) is 5.51. The quantitative estimate of drug-likeness (QED) is 0.712. The molecule has 1 fully saturated rings. The van der Waals surface area contributed by atoms with Gasteiger partial charge in [-0.15, -0.1) is 0 Å². The molecular weight excluding hydrogens is 204 g/mol. The summed E-state index contributed by atoms with van der Waals surface area (Å²) in [5.41, 5.74) is 1.91. The molecule has 1 saturated carbocycles. The molecule has 86 valence electrons. The summed E-state index contributed by atoms with van der Waals surface area (Å²) in [6, 6.07) is 7.81. The van der Waals surface area contributed by atoms with E-state index in [1.165, 1.54) is 0 Å². The van der Waals surface area contributed by atoms with Crippen LogP contribution in [0, 0.1) is 0 Å². The van der Waals surface area contributed by atoms with E-state index in [0.717, 1.165) is 24.0 Å². The van der Waals surface area contributed by atoms with Gasteiger partial charge in [-0.3, -0.25) is 0 Å². The topological polar surface area (TPSA) is 61.4 Å². The Morgan fingerprint density at radius 3 is 2.44 bits per heavy atom. The molecule has 0 saturated heterocycles. The molecule has 1 aromatic rings. The van der Waals surface area contributed by atoms with Crippen molar-refractivity contribution >= 4 is 6.03 Å². The number of aliphatic hydroxyl groups is 1. The van der Waals surface area contributed by atoms with E-state index in [9.17, 15) is 4.79 Å². The molecule has 0 spiro atoms. The Labute approximate surface area is 94.7 Å². The van der Waals surface area contributed by atoms with Gasteiger partial charge < -0.3 is 15.7 Å². The third-order valence-electron chi connectivity index (χ3n) is 2.57. The third kappa shape index (κ3) is 3.24. The minimum absolute atomic E-state index is 0.0515. The van der Waals surface area contributed by atoms with E-state index in [2.05, 4.69) is 10.6 Å². The van der Waals surface area contributed by atoms with Gasteiger partial charge in [0, 0.05) is 12.6 Å². The minimum Gasteiger partial charge on any atom is -0.392 e. The number of carbonyl (C=O) groups excluding carboxylic acids is 1. The van der Waals surface area contributed by atoms with Crippen molar-refractivity contribution in [3.05, 3.63) is 35.4 Å². The highest BCUT2D eigenvalue weighted by Gasteiger charge is 2.22. The number of benzene rings is 1. The molecule has 4 nitrogen and oxygen atoms in total. The van der Waals surface area contributed by atoms with Gasteiger partial charge in [0.15, 0.2) is 0 Å². The van der Waals surface area contributed by atoms with Crippen molar-refractivity contribution < 1.29 is 9.90 Å². The van der Waals surface area contributed by atoms with Crippen LogP contribution in [-0.2, 0) is 13.2 Å². The van der Waals surface area contributed by atoms with Crippen molar-refractivity contribution in [2.45, 2.75) is 32.0 Å². The number of nitrogens with one attached hydrogen (secondary N) is 2. The summed E-state index contributed by atoms with van der Waals surface area (Å²) in [5.74, 6) is 0. The summed E-state index contributed by atoms with van der Waals surface area (Å²) in [6.07, 6.45) is 2.19. The zero-order chi connectivity index (χ0) is 11.4. The SMILES string of the molecule is O=C(NCc1ccc(CO)cc1)NC1CC1. The minimum atomic E-state index is -0.103. The Morgan fingerprint density at radius 1 is 1.25 bits per heavy atom. The number of hydrogen-bond donors (Lipinski definition) is 3. The molecule has 2 rings (SSSR count). The lowest BCUT2D eigenvalue weighted by Gasteiger charge is -2.06. The van der Waals surface area contributed by atoms with Gasteiger partial charge in [0.25, 0.3) is 0 Å². The van der Waals surface area contributed by atoms with E-state index >= 15 is 0 Å². The third-order valence-corrected chi connectivity index (χ3v) is 2.57. The molecule has 0 aliphatic heterocycles. The zero-order valence-corrected chi connectivity index (χ0v) is 9.07. The monoisotopic (exact) mass is 220 g/mol. The van der Waals surface area contributed by atoms with Crippen LogP contribution in [0.2, 0.25) is 0 Å². The second-order valence-electron chi connectivity index (χ2n) is 4.08. The Kier molecular flexibility index (Phi) is 3.41. The number of hydrogen-bond acceptors (Lipinski definition) is 2. The molecule has 1 aromatic carbocycles. The van der Waals surface area contributed by atoms with E-state index in [-0.39, 0.29) is 12.6 Å². The van der Waals surface area contributed by atoms with E-state index in [1.807, 2.05) is 24.3 Å². The van der Waals surface area contributed by atoms with Crippen molar-refractivity contribution in [2.24, 2.45) is 0 Å². The Morgan fingerprint density at radius 2 is 1.88 bits per heavy atom. The molecular formula is C12H16N2O2. The van der Waals surface area contributed by atoms with Crippen LogP contribution in [-0.4, -0.2) is 17.2 Å². The van der Waals surface area contributed by atoms with Crippen molar-refractivity contribution in [1.82, 2.24) is 10.6 Å². The summed E-state index contributed by atoms with van der Waals surface area (Å²) in [6.45, 7) is 0.570. The van der Waals surface area contributed by atoms with Gasteiger partial charge in [-0.25, -0.2) is 4.79 Å². The molecule has 1 aliphatic rings. The van der Waals surface area contributed by atoms with Crippen LogP contribution in [0.4, 0.5) is 4.79 Å². The molecule has 0 atom stereocenters. The van der Waals surface area contributed by atoms with Crippen LogP contribution < -0.4 is 10.6 Å². The lowest BCUT2D eigenvalue weighted by molar-refractivity contribution is 0.240. The predicted molar refractivity (Wildman–Crippen MR) is 60.8 cm³/mol. The van der Waals surface area contributed by atoms with Gasteiger partial charge in [0.1, 0.15) is 0 Å². The largest absolute Gasteiger partial charge is 0.392 e. The molecule has 4 heteroatoms. The first-order chi connectivity index (χ1) is 7.78. The first kappa shape index (κ1) is 11.0. The number of rotatable bonds is 4. The predicted octanol–water partition coefficient (Wildman–Crippen LogP) is 1.14. The molecule has 0 radical (unpaired) electrons. The second kappa shape index (κ2) is 4.99. The smallest absolute Gasteiger partial charge is 0.315 e. The summed E-state index contributed by atoms with van der Waals surface area (Å²) < 4.78 is 0. The summed E-state index contributed by atoms with van der Waals surface area (Å²) >= 11 is 0. The molecule has 0 heterocycles. The van der Waals surface area contributed by atoms with E-state index < -0.39 is 0 Å². The zero-order valence-electron chi connectivity index (χ0n) is 9.07. The van der Waals surface area contributed by atoms with Gasteiger partial charge in [-0.05, 0) is 24.0 Å². The van der Waals surface area contributed by atoms with Gasteiger partial charge in [-0.1, -0.05) is 24.3 Å². The summed E-state index contributed by atoms with van der Waals surface area (Å²) in [5, 5.41) is 14.5. The van der Waals surface area contributed by atoms with Crippen LogP contribution in [0.5, 0.6) is 0 Å². The average Bonchev–Trinajstić information content (AvgIpc) is 3.11. The van der Waals surface area contributed by atoms with Crippen molar-refractivity contribution in [2.75, 3.05) is 0 Å². The molecule has 0 bridgehead atoms. The molecule has 0 aromatic heterocycles. The highest BCUT2D eigenvalue weighted by atomic mass is 16.3. The Bertz CT molecular complexity index is 358. The average molecular weight is 220 g/mol. The molecule has 1 aliphatic carbocycles. The number of aliphatic hydroxyl groups excluding tert-OH is 1. The number of carbonyl (C=O) groups is 1. The first-order valence-electron chi connectivity index (χ1n) is 5.51. The standard InChI is InChI=1S/C12H16N2O2/c15-8-10-3-1-9(2-4-10)7-13-12(16)14-11-5-6-11/h1-4,11,15H,5-8H2,(H2,13,14,16). The van der Waals surface area contributed by atoms with E-state index in [0.29, 0.717) is 12.6 Å². The highest BCUT2D eigenvalue weighted by Crippen LogP contribution is 2.18. The van der Waals surface area contributed by atoms with Gasteiger partial charge in [0.05, 0.1) is 6.61 Å². The summed E-state index contributed by atoms with van der Waals surface area (Å²) in [7, 11) is 0. The van der Waals surface area contributed by atoms with E-state index in [1.54, 1.807) is 0 Å². The van der Waals surface area contributed by atoms with Crippen LogP contribution in [0.3, 0.4) is 0 Å². The highest BCUT2D eigenvalue weighted by molar-refractivity contribution is 5.74. The second-order valence-corrected chi connectivity index (χ2v) is 4.08. The molecule has 3 N–H and O–H groups in total. The van der Waals surface area contributed by atoms with Crippen LogP contribution in [0.1, 0.15) is 24.0 Å². The fourth-order valence-electron chi connectivity index (χ4n) is 1.41. The van der Waals surface area contributed by atoms with Crippen molar-refractivity contribution in [3.63, 3.8) is 0 Å². The van der Waals surface area contributed by atoms with E-state index in [4.69, 9.17) is 5.11 Å². The van der Waals surface area contributed by atoms with Gasteiger partial charge >= 0.3 is 6.03 Å². The maximum absolute atomic E-state index is 11.3. The van der Waals surface area contributed by atoms with Gasteiger partial charge in [0.2, 0.25) is 0 Å². The van der Waals surface area contributed by atoms with Gasteiger partial charge in [-0.2, -0.15) is 0 Å². The fraction of sp³-hybridized carbons (Fsp3) is 0.417. The molecule has 2 amide bonds. The van der Waals surface area contributed by atoms with Crippen LogP contribution >= 0.6 is 0 Å². The molecule has 0 unspecified atom stereocenters.